The minimum absolute atomic E-state index is 0.305. The Morgan fingerprint density at radius 2 is 1.57 bits per heavy atom. The van der Waals surface area contributed by atoms with E-state index in [1.165, 1.54) is 4.68 Å². The third-order valence-electron chi connectivity index (χ3n) is 5.75. The van der Waals surface area contributed by atoms with Crippen molar-refractivity contribution in [2.45, 2.75) is 44.4 Å². The van der Waals surface area contributed by atoms with Crippen LogP contribution in [0.25, 0.3) is 16.9 Å². The molecular formula is C26H29F3N4O3S. The number of aromatic nitrogens is 2. The van der Waals surface area contributed by atoms with E-state index in [9.17, 15) is 22.5 Å². The summed E-state index contributed by atoms with van der Waals surface area (Å²) in [6.45, 7) is 8.87. The first kappa shape index (κ1) is 27.0. The van der Waals surface area contributed by atoms with Crippen molar-refractivity contribution in [3.63, 3.8) is 0 Å². The van der Waals surface area contributed by atoms with Crippen molar-refractivity contribution in [3.8, 4) is 16.9 Å². The normalized spacial score (nSPS) is 16.1. The Hall–Kier alpha value is -3.02. The summed E-state index contributed by atoms with van der Waals surface area (Å²) in [5.41, 5.74) is 0.737. The van der Waals surface area contributed by atoms with Gasteiger partial charge in [-0.1, -0.05) is 29.8 Å². The zero-order valence-corrected chi connectivity index (χ0v) is 21.9. The smallest absolute Gasteiger partial charge is 0.435 e. The molecule has 1 saturated heterocycles. The summed E-state index contributed by atoms with van der Waals surface area (Å²) in [6.07, 6.45) is -4.99. The second-order valence-electron chi connectivity index (χ2n) is 9.83. The van der Waals surface area contributed by atoms with Crippen molar-refractivity contribution in [2.75, 3.05) is 26.2 Å². The van der Waals surface area contributed by atoms with Crippen molar-refractivity contribution in [1.82, 2.24) is 19.0 Å². The maximum absolute atomic E-state index is 13.5. The SMILES string of the molecule is Cc1ccc(-c2cc(C(F)(F)F)nn2-c2ccc([S@@+]([O-])N3CCN(C(=O)OC(C)(C)C)CC3)cc2)cc1. The quantitative estimate of drug-likeness (QED) is 0.417. The topological polar surface area (TPSA) is 73.7 Å². The standard InChI is InChI=1S/C26H29F3N4O3S/c1-18-5-7-19(8-6-18)22-17-23(26(27,28)29)30-33(22)20-9-11-21(12-10-20)37(35)32-15-13-31(14-16-32)24(34)36-25(2,3)4/h5-12,17H,13-16H2,1-4H3/t37-/m1/s1. The summed E-state index contributed by atoms with van der Waals surface area (Å²) in [6, 6.07) is 14.7. The van der Waals surface area contributed by atoms with E-state index in [-0.39, 0.29) is 0 Å². The molecule has 0 N–H and O–H groups in total. The molecule has 2 aromatic carbocycles. The zero-order valence-electron chi connectivity index (χ0n) is 21.1. The highest BCUT2D eigenvalue weighted by atomic mass is 32.2. The molecule has 0 radical (unpaired) electrons. The van der Waals surface area contributed by atoms with Gasteiger partial charge in [0.25, 0.3) is 0 Å². The van der Waals surface area contributed by atoms with E-state index in [4.69, 9.17) is 4.74 Å². The van der Waals surface area contributed by atoms with Gasteiger partial charge in [-0.2, -0.15) is 18.3 Å². The number of rotatable bonds is 4. The molecule has 0 bridgehead atoms. The molecule has 2 heterocycles. The van der Waals surface area contributed by atoms with Crippen LogP contribution in [0.4, 0.5) is 18.0 Å². The third kappa shape index (κ3) is 6.46. The highest BCUT2D eigenvalue weighted by molar-refractivity contribution is 7.89. The van der Waals surface area contributed by atoms with E-state index in [1.807, 2.05) is 19.1 Å². The maximum atomic E-state index is 13.5. The number of carbonyl (C=O) groups is 1. The number of carbonyl (C=O) groups excluding carboxylic acids is 1. The molecule has 1 aliphatic rings. The molecule has 7 nitrogen and oxygen atoms in total. The fraction of sp³-hybridized carbons (Fsp3) is 0.385. The molecule has 11 heteroatoms. The number of alkyl halides is 3. The number of ether oxygens (including phenoxy) is 1. The first-order valence-electron chi connectivity index (χ1n) is 11.8. The van der Waals surface area contributed by atoms with Gasteiger partial charge in [0.05, 0.1) is 35.8 Å². The van der Waals surface area contributed by atoms with Crippen LogP contribution < -0.4 is 0 Å². The summed E-state index contributed by atoms with van der Waals surface area (Å²) in [5, 5.41) is 3.82. The van der Waals surface area contributed by atoms with Crippen LogP contribution >= 0.6 is 0 Å². The van der Waals surface area contributed by atoms with Crippen LogP contribution in [-0.4, -0.2) is 61.4 Å². The number of piperazine rings is 1. The molecular weight excluding hydrogens is 505 g/mol. The van der Waals surface area contributed by atoms with Crippen molar-refractivity contribution in [3.05, 3.63) is 65.9 Å². The molecule has 198 valence electrons. The van der Waals surface area contributed by atoms with Gasteiger partial charge in [0.2, 0.25) is 0 Å². The maximum Gasteiger partial charge on any atom is 0.435 e. The predicted molar refractivity (Wildman–Crippen MR) is 135 cm³/mol. The van der Waals surface area contributed by atoms with Gasteiger partial charge in [0.1, 0.15) is 5.60 Å². The molecule has 1 aromatic heterocycles. The summed E-state index contributed by atoms with van der Waals surface area (Å²) in [7, 11) is 0. The highest BCUT2D eigenvalue weighted by Gasteiger charge is 2.36. The largest absolute Gasteiger partial charge is 0.593 e. The van der Waals surface area contributed by atoms with Gasteiger partial charge >= 0.3 is 12.3 Å². The van der Waals surface area contributed by atoms with E-state index < -0.39 is 34.9 Å². The Morgan fingerprint density at radius 1 is 0.973 bits per heavy atom. The Balaban J connectivity index is 1.50. The van der Waals surface area contributed by atoms with E-state index >= 15 is 0 Å². The molecule has 0 spiro atoms. The number of benzene rings is 2. The first-order chi connectivity index (χ1) is 17.3. The van der Waals surface area contributed by atoms with Crippen LogP contribution in [0.15, 0.2) is 59.5 Å². The van der Waals surface area contributed by atoms with Gasteiger partial charge in [-0.3, -0.25) is 0 Å². The molecule has 1 fully saturated rings. The molecule has 1 aliphatic heterocycles. The van der Waals surface area contributed by atoms with E-state index in [0.29, 0.717) is 48.0 Å². The molecule has 3 aromatic rings. The Bertz CT molecular complexity index is 1230. The predicted octanol–water partition coefficient (Wildman–Crippen LogP) is 5.44. The lowest BCUT2D eigenvalue weighted by Gasteiger charge is -2.35. The fourth-order valence-electron chi connectivity index (χ4n) is 3.86. The number of nitrogens with zero attached hydrogens (tertiary/aromatic N) is 4. The monoisotopic (exact) mass is 534 g/mol. The number of hydrogen-bond acceptors (Lipinski definition) is 5. The summed E-state index contributed by atoms with van der Waals surface area (Å²) in [4.78, 5) is 14.4. The van der Waals surface area contributed by atoms with Gasteiger partial charge in [0, 0.05) is 18.7 Å². The second-order valence-corrected chi connectivity index (χ2v) is 11.3. The van der Waals surface area contributed by atoms with Gasteiger partial charge in [-0.25, -0.2) is 9.48 Å². The molecule has 1 amide bonds. The third-order valence-corrected chi connectivity index (χ3v) is 7.26. The highest BCUT2D eigenvalue weighted by Crippen LogP contribution is 2.33. The van der Waals surface area contributed by atoms with Crippen LogP contribution in [0.3, 0.4) is 0 Å². The van der Waals surface area contributed by atoms with Crippen molar-refractivity contribution < 1.29 is 27.3 Å². The van der Waals surface area contributed by atoms with Crippen molar-refractivity contribution in [1.29, 1.82) is 0 Å². The van der Waals surface area contributed by atoms with Crippen LogP contribution in [0.1, 0.15) is 32.0 Å². The summed E-state index contributed by atoms with van der Waals surface area (Å²) < 4.78 is 61.9. The van der Waals surface area contributed by atoms with Crippen LogP contribution in [-0.2, 0) is 22.3 Å². The molecule has 0 saturated carbocycles. The number of halogens is 3. The van der Waals surface area contributed by atoms with Crippen molar-refractivity contribution in [2.24, 2.45) is 0 Å². The summed E-state index contributed by atoms with van der Waals surface area (Å²) in [5.74, 6) is 0. The van der Waals surface area contributed by atoms with Gasteiger partial charge in [0.15, 0.2) is 10.6 Å². The van der Waals surface area contributed by atoms with Gasteiger partial charge in [-0.05, 0) is 58.0 Å². The fourth-order valence-corrected chi connectivity index (χ4v) is 5.02. The van der Waals surface area contributed by atoms with Crippen molar-refractivity contribution >= 4 is 17.5 Å². The van der Waals surface area contributed by atoms with Gasteiger partial charge in [-0.15, -0.1) is 4.31 Å². The minimum atomic E-state index is -4.59. The lowest BCUT2D eigenvalue weighted by Crippen LogP contribution is -2.51. The van der Waals surface area contributed by atoms with E-state index in [1.54, 1.807) is 66.4 Å². The number of aryl methyl sites for hydroxylation is 1. The van der Waals surface area contributed by atoms with E-state index in [2.05, 4.69) is 5.10 Å². The second kappa shape index (κ2) is 10.4. The lowest BCUT2D eigenvalue weighted by molar-refractivity contribution is -0.141. The lowest BCUT2D eigenvalue weighted by atomic mass is 10.1. The molecule has 4 rings (SSSR count). The Morgan fingerprint density at radius 3 is 2.11 bits per heavy atom. The first-order valence-corrected chi connectivity index (χ1v) is 12.9. The molecule has 1 atom stereocenters. The molecule has 37 heavy (non-hydrogen) atoms. The minimum Gasteiger partial charge on any atom is -0.593 e. The zero-order chi connectivity index (χ0) is 27.0. The van der Waals surface area contributed by atoms with E-state index in [0.717, 1.165) is 11.6 Å². The van der Waals surface area contributed by atoms with Crippen LogP contribution in [0.5, 0.6) is 0 Å². The van der Waals surface area contributed by atoms with Crippen LogP contribution in [0.2, 0.25) is 0 Å². The molecule has 0 unspecified atom stereocenters. The number of amides is 1. The average Bonchev–Trinajstić information content (AvgIpc) is 3.29. The van der Waals surface area contributed by atoms with Gasteiger partial charge < -0.3 is 14.2 Å². The van der Waals surface area contributed by atoms with Crippen LogP contribution in [0, 0.1) is 6.92 Å². The number of hydrogen-bond donors (Lipinski definition) is 0. The average molecular weight is 535 g/mol. The molecule has 0 aliphatic carbocycles. The Kier molecular flexibility index (Phi) is 7.59. The summed E-state index contributed by atoms with van der Waals surface area (Å²) >= 11 is -1.49. The Labute approximate surface area is 217 Å².